The number of amides is 2. The van der Waals surface area contributed by atoms with Gasteiger partial charge in [-0.1, -0.05) is 41.9 Å². The number of nitrogens with zero attached hydrogens (tertiary/aromatic N) is 2. The number of anilines is 1. The first kappa shape index (κ1) is 30.9. The zero-order valence-electron chi connectivity index (χ0n) is 23.0. The van der Waals surface area contributed by atoms with Crippen LogP contribution in [0.2, 0.25) is 5.02 Å². The average molecular weight is 590 g/mol. The summed E-state index contributed by atoms with van der Waals surface area (Å²) in [7, 11) is -2.91. The van der Waals surface area contributed by atoms with Crippen molar-refractivity contribution in [1.29, 1.82) is 0 Å². The molecule has 0 fully saturated rings. The number of ether oxygens (including phenoxy) is 1. The maximum atomic E-state index is 14.0. The van der Waals surface area contributed by atoms with Gasteiger partial charge in [0.05, 0.1) is 17.7 Å². The van der Waals surface area contributed by atoms with E-state index in [9.17, 15) is 22.4 Å². The van der Waals surface area contributed by atoms with E-state index in [2.05, 4.69) is 5.32 Å². The van der Waals surface area contributed by atoms with Gasteiger partial charge in [0.15, 0.2) is 0 Å². The molecule has 3 aromatic rings. The fourth-order valence-electron chi connectivity index (χ4n) is 3.93. The Balaban J connectivity index is 2.09. The summed E-state index contributed by atoms with van der Waals surface area (Å²) < 4.78 is 47.7. The van der Waals surface area contributed by atoms with E-state index < -0.39 is 45.8 Å². The van der Waals surface area contributed by atoms with Crippen LogP contribution in [0.4, 0.5) is 10.1 Å². The van der Waals surface area contributed by atoms with Crippen molar-refractivity contribution in [3.8, 4) is 5.75 Å². The van der Waals surface area contributed by atoms with Crippen molar-refractivity contribution in [1.82, 2.24) is 10.2 Å². The number of sulfonamides is 1. The van der Waals surface area contributed by atoms with Crippen LogP contribution in [0.15, 0.2) is 77.7 Å². The number of methoxy groups -OCH3 is 1. The molecular formula is C29H33ClFN3O5S. The number of rotatable bonds is 10. The van der Waals surface area contributed by atoms with Crippen LogP contribution in [0.5, 0.6) is 5.75 Å². The first-order valence-corrected chi connectivity index (χ1v) is 14.3. The van der Waals surface area contributed by atoms with E-state index in [1.54, 1.807) is 31.2 Å². The lowest BCUT2D eigenvalue weighted by molar-refractivity contribution is -0.140. The highest BCUT2D eigenvalue weighted by Gasteiger charge is 2.34. The molecule has 40 heavy (non-hydrogen) atoms. The molecule has 8 nitrogen and oxygen atoms in total. The largest absolute Gasteiger partial charge is 0.495 e. The average Bonchev–Trinajstić information content (AvgIpc) is 2.90. The fraction of sp³-hybridized carbons (Fsp3) is 0.310. The highest BCUT2D eigenvalue weighted by molar-refractivity contribution is 7.92. The molecule has 0 bridgehead atoms. The first-order valence-electron chi connectivity index (χ1n) is 12.5. The molecule has 11 heteroatoms. The zero-order valence-corrected chi connectivity index (χ0v) is 24.6. The lowest BCUT2D eigenvalue weighted by Gasteiger charge is -2.33. The minimum absolute atomic E-state index is 0.0477. The van der Waals surface area contributed by atoms with E-state index in [0.717, 1.165) is 4.31 Å². The molecule has 0 radical (unpaired) electrons. The number of halogens is 2. The molecule has 0 spiro atoms. The van der Waals surface area contributed by atoms with Gasteiger partial charge in [-0.05, 0) is 75.7 Å². The maximum Gasteiger partial charge on any atom is 0.264 e. The molecule has 2 amide bonds. The number of hydrogen-bond acceptors (Lipinski definition) is 5. The summed E-state index contributed by atoms with van der Waals surface area (Å²) >= 11 is 6.23. The highest BCUT2D eigenvalue weighted by Crippen LogP contribution is 2.35. The van der Waals surface area contributed by atoms with Crippen molar-refractivity contribution in [2.75, 3.05) is 18.0 Å². The number of carbonyl (C=O) groups is 2. The Morgan fingerprint density at radius 3 is 2.23 bits per heavy atom. The summed E-state index contributed by atoms with van der Waals surface area (Å²) in [6.07, 6.45) is 0. The molecule has 0 heterocycles. The first-order chi connectivity index (χ1) is 18.7. The smallest absolute Gasteiger partial charge is 0.264 e. The van der Waals surface area contributed by atoms with Crippen LogP contribution < -0.4 is 14.4 Å². The molecule has 3 rings (SSSR count). The molecule has 0 saturated carbocycles. The lowest BCUT2D eigenvalue weighted by Crippen LogP contribution is -2.54. The Bertz CT molecular complexity index is 1440. The standard InChI is InChI=1S/C29H33ClFN3O5S/c1-20(28(36)32-29(2,3)4)33(18-21-11-14-23(31)15-12-21)27(35)19-34(25-17-22(30)13-16-26(25)39-5)40(37,38)24-9-7-6-8-10-24/h6-17,20H,18-19H2,1-5H3,(H,32,36)/t20-/m1/s1. The van der Waals surface area contributed by atoms with Crippen LogP contribution in [-0.2, 0) is 26.2 Å². The van der Waals surface area contributed by atoms with Gasteiger partial charge < -0.3 is 15.0 Å². The second kappa shape index (κ2) is 12.7. The van der Waals surface area contributed by atoms with Crippen LogP contribution in [-0.4, -0.2) is 50.4 Å². The van der Waals surface area contributed by atoms with E-state index in [4.69, 9.17) is 16.3 Å². The van der Waals surface area contributed by atoms with Crippen LogP contribution in [0, 0.1) is 5.82 Å². The summed E-state index contributed by atoms with van der Waals surface area (Å²) in [6.45, 7) is 6.25. The van der Waals surface area contributed by atoms with Gasteiger partial charge in [0.1, 0.15) is 24.2 Å². The van der Waals surface area contributed by atoms with Crippen molar-refractivity contribution >= 4 is 39.1 Å². The minimum Gasteiger partial charge on any atom is -0.495 e. The molecule has 0 unspecified atom stereocenters. The Kier molecular flexibility index (Phi) is 9.81. The van der Waals surface area contributed by atoms with Crippen molar-refractivity contribution in [2.24, 2.45) is 0 Å². The highest BCUT2D eigenvalue weighted by atomic mass is 35.5. The number of hydrogen-bond donors (Lipinski definition) is 1. The molecular weight excluding hydrogens is 557 g/mol. The second-order valence-corrected chi connectivity index (χ2v) is 12.5. The fourth-order valence-corrected chi connectivity index (χ4v) is 5.54. The van der Waals surface area contributed by atoms with Crippen LogP contribution in [0.1, 0.15) is 33.3 Å². The van der Waals surface area contributed by atoms with Gasteiger partial charge in [-0.15, -0.1) is 0 Å². The molecule has 0 saturated heterocycles. The van der Waals surface area contributed by atoms with Gasteiger partial charge in [0.25, 0.3) is 10.0 Å². The number of benzene rings is 3. The summed E-state index contributed by atoms with van der Waals surface area (Å²) in [5, 5.41) is 3.09. The van der Waals surface area contributed by atoms with Crippen molar-refractivity contribution in [3.05, 3.63) is 89.2 Å². The Morgan fingerprint density at radius 2 is 1.65 bits per heavy atom. The van der Waals surface area contributed by atoms with E-state index >= 15 is 0 Å². The topological polar surface area (TPSA) is 96.0 Å². The molecule has 3 aromatic carbocycles. The minimum atomic E-state index is -4.29. The van der Waals surface area contributed by atoms with E-state index in [-0.39, 0.29) is 27.9 Å². The number of carbonyl (C=O) groups excluding carboxylic acids is 2. The summed E-state index contributed by atoms with van der Waals surface area (Å²) in [5.41, 5.74) is 0.0379. The van der Waals surface area contributed by atoms with Crippen molar-refractivity contribution < 1.29 is 27.1 Å². The van der Waals surface area contributed by atoms with Gasteiger partial charge in [-0.25, -0.2) is 12.8 Å². The molecule has 0 aliphatic heterocycles. The Labute approximate surface area is 239 Å². The van der Waals surface area contributed by atoms with Gasteiger partial charge in [-0.3, -0.25) is 13.9 Å². The van der Waals surface area contributed by atoms with Gasteiger partial charge in [-0.2, -0.15) is 0 Å². The lowest BCUT2D eigenvalue weighted by atomic mass is 10.1. The third kappa shape index (κ3) is 7.73. The molecule has 214 valence electrons. The summed E-state index contributed by atoms with van der Waals surface area (Å²) in [6, 6.07) is 16.6. The predicted octanol–water partition coefficient (Wildman–Crippen LogP) is 5.02. The maximum absolute atomic E-state index is 14.0. The monoisotopic (exact) mass is 589 g/mol. The van der Waals surface area contributed by atoms with Gasteiger partial charge in [0, 0.05) is 17.1 Å². The van der Waals surface area contributed by atoms with E-state index in [1.165, 1.54) is 60.5 Å². The third-order valence-corrected chi connectivity index (χ3v) is 7.96. The van der Waals surface area contributed by atoms with Crippen molar-refractivity contribution in [2.45, 2.75) is 50.7 Å². The molecule has 1 N–H and O–H groups in total. The number of nitrogens with one attached hydrogen (secondary N) is 1. The van der Waals surface area contributed by atoms with Gasteiger partial charge >= 0.3 is 0 Å². The normalized spacial score (nSPS) is 12.4. The Morgan fingerprint density at radius 1 is 1.02 bits per heavy atom. The van der Waals surface area contributed by atoms with Gasteiger partial charge in [0.2, 0.25) is 11.8 Å². The summed E-state index contributed by atoms with van der Waals surface area (Å²) in [5.74, 6) is -1.36. The molecule has 0 aliphatic rings. The zero-order chi connectivity index (χ0) is 29.7. The Hall–Kier alpha value is -3.63. The van der Waals surface area contributed by atoms with E-state index in [1.807, 2.05) is 20.8 Å². The summed E-state index contributed by atoms with van der Waals surface area (Å²) in [4.78, 5) is 28.3. The molecule has 0 aromatic heterocycles. The van der Waals surface area contributed by atoms with Crippen LogP contribution in [0.3, 0.4) is 0 Å². The van der Waals surface area contributed by atoms with Crippen LogP contribution in [0.25, 0.3) is 0 Å². The van der Waals surface area contributed by atoms with Crippen molar-refractivity contribution in [3.63, 3.8) is 0 Å². The molecule has 1 atom stereocenters. The third-order valence-electron chi connectivity index (χ3n) is 5.95. The van der Waals surface area contributed by atoms with Crippen LogP contribution >= 0.6 is 11.6 Å². The predicted molar refractivity (Wildman–Crippen MR) is 153 cm³/mol. The second-order valence-electron chi connectivity index (χ2n) is 10.2. The van der Waals surface area contributed by atoms with E-state index in [0.29, 0.717) is 5.56 Å². The molecule has 0 aliphatic carbocycles. The quantitative estimate of drug-likeness (QED) is 0.358. The SMILES string of the molecule is COc1ccc(Cl)cc1N(CC(=O)N(Cc1ccc(F)cc1)[C@H](C)C(=O)NC(C)(C)C)S(=O)(=O)c1ccccc1.